The van der Waals surface area contributed by atoms with E-state index in [-0.39, 0.29) is 17.0 Å². The van der Waals surface area contributed by atoms with E-state index in [1.54, 1.807) is 6.07 Å². The molecule has 31 heavy (non-hydrogen) atoms. The minimum absolute atomic E-state index is 0.0176. The van der Waals surface area contributed by atoms with E-state index >= 15 is 0 Å². The Hall–Kier alpha value is -4.20. The largest absolute Gasteiger partial charge is 0.496 e. The quantitative estimate of drug-likeness (QED) is 0.334. The normalized spacial score (nSPS) is 10.6. The Morgan fingerprint density at radius 2 is 1.90 bits per heavy atom. The van der Waals surface area contributed by atoms with Crippen LogP contribution in [0.4, 0.5) is 5.69 Å². The van der Waals surface area contributed by atoms with Gasteiger partial charge in [0.05, 0.1) is 23.8 Å². The van der Waals surface area contributed by atoms with Gasteiger partial charge in [-0.15, -0.1) is 0 Å². The first-order chi connectivity index (χ1) is 15.0. The molecule has 3 rings (SSSR count). The summed E-state index contributed by atoms with van der Waals surface area (Å²) in [7, 11) is 1.38. The number of nitro benzene ring substituents is 1. The second-order valence-corrected chi connectivity index (χ2v) is 6.69. The molecule has 3 aromatic carbocycles. The van der Waals surface area contributed by atoms with Crippen LogP contribution in [0.2, 0.25) is 0 Å². The number of nitro groups is 1. The summed E-state index contributed by atoms with van der Waals surface area (Å²) in [5.74, 6) is 0.254. The van der Waals surface area contributed by atoms with Crippen LogP contribution in [0.25, 0.3) is 0 Å². The molecule has 0 spiro atoms. The van der Waals surface area contributed by atoms with Gasteiger partial charge in [0.1, 0.15) is 18.1 Å². The highest BCUT2D eigenvalue weighted by molar-refractivity contribution is 5.98. The number of methoxy groups -OCH3 is 1. The summed E-state index contributed by atoms with van der Waals surface area (Å²) < 4.78 is 10.9. The van der Waals surface area contributed by atoms with Crippen LogP contribution >= 0.6 is 0 Å². The number of nitrogens with zero attached hydrogens (tertiary/aromatic N) is 2. The third kappa shape index (κ3) is 5.89. The molecule has 3 aromatic rings. The van der Waals surface area contributed by atoms with Crippen molar-refractivity contribution in [1.82, 2.24) is 5.43 Å². The number of hydrogen-bond donors (Lipinski definition) is 1. The molecule has 0 saturated carbocycles. The number of non-ortho nitro benzene ring substituents is 1. The second-order valence-electron chi connectivity index (χ2n) is 6.69. The number of carbonyl (C=O) groups excluding carboxylic acids is 1. The molecule has 0 radical (unpaired) electrons. The Morgan fingerprint density at radius 3 is 2.61 bits per heavy atom. The Balaban J connectivity index is 1.64. The molecular formula is C23H21N3O5. The van der Waals surface area contributed by atoms with Crippen LogP contribution in [-0.2, 0) is 6.61 Å². The number of aryl methyl sites for hydroxylation is 1. The molecule has 0 atom stereocenters. The fraction of sp³-hybridized carbons (Fsp3) is 0.130. The maximum Gasteiger partial charge on any atom is 0.275 e. The molecule has 0 aliphatic rings. The molecule has 0 saturated heterocycles. The predicted octanol–water partition coefficient (Wildman–Crippen LogP) is 4.25. The Kier molecular flexibility index (Phi) is 6.95. The van der Waals surface area contributed by atoms with Crippen molar-refractivity contribution in [2.45, 2.75) is 13.5 Å². The minimum atomic E-state index is -0.622. The molecule has 0 unspecified atom stereocenters. The van der Waals surface area contributed by atoms with Gasteiger partial charge in [-0.1, -0.05) is 42.0 Å². The average Bonchev–Trinajstić information content (AvgIpc) is 2.78. The number of hydrogen-bond acceptors (Lipinski definition) is 6. The summed E-state index contributed by atoms with van der Waals surface area (Å²) >= 11 is 0. The van der Waals surface area contributed by atoms with Gasteiger partial charge in [0.15, 0.2) is 0 Å². The molecule has 1 amide bonds. The van der Waals surface area contributed by atoms with Gasteiger partial charge in [-0.2, -0.15) is 5.10 Å². The minimum Gasteiger partial charge on any atom is -0.496 e. The van der Waals surface area contributed by atoms with Crippen molar-refractivity contribution in [2.24, 2.45) is 5.10 Å². The summed E-state index contributed by atoms with van der Waals surface area (Å²) in [6, 6.07) is 19.1. The van der Waals surface area contributed by atoms with Gasteiger partial charge in [0.25, 0.3) is 11.6 Å². The van der Waals surface area contributed by atoms with E-state index in [1.165, 1.54) is 31.0 Å². The van der Waals surface area contributed by atoms with E-state index < -0.39 is 10.8 Å². The van der Waals surface area contributed by atoms with E-state index in [0.717, 1.165) is 11.6 Å². The zero-order valence-corrected chi connectivity index (χ0v) is 17.1. The zero-order valence-electron chi connectivity index (χ0n) is 17.1. The summed E-state index contributed by atoms with van der Waals surface area (Å²) in [4.78, 5) is 22.8. The number of rotatable bonds is 8. The van der Waals surface area contributed by atoms with Crippen molar-refractivity contribution < 1.29 is 19.2 Å². The predicted molar refractivity (Wildman–Crippen MR) is 117 cm³/mol. The standard InChI is InChI=1S/C23H21N3O5/c1-16-6-8-17(9-7-16)15-31-20-5-3-4-18(12-20)14-24-25-23(27)21-13-19(26(28)29)10-11-22(21)30-2/h3-14H,15H2,1-2H3,(H,25,27)/b24-14-. The van der Waals surface area contributed by atoms with Crippen molar-refractivity contribution in [3.05, 3.63) is 99.1 Å². The first-order valence-corrected chi connectivity index (χ1v) is 9.40. The zero-order chi connectivity index (χ0) is 22.2. The van der Waals surface area contributed by atoms with Gasteiger partial charge in [0, 0.05) is 12.1 Å². The number of nitrogens with one attached hydrogen (secondary N) is 1. The van der Waals surface area contributed by atoms with Crippen molar-refractivity contribution in [3.63, 3.8) is 0 Å². The number of carbonyl (C=O) groups is 1. The molecule has 0 heterocycles. The van der Waals surface area contributed by atoms with E-state index in [4.69, 9.17) is 9.47 Å². The number of ether oxygens (including phenoxy) is 2. The van der Waals surface area contributed by atoms with Crippen LogP contribution in [0.1, 0.15) is 27.0 Å². The second kappa shape index (κ2) is 10.0. The van der Waals surface area contributed by atoms with E-state index in [0.29, 0.717) is 17.9 Å². The lowest BCUT2D eigenvalue weighted by Crippen LogP contribution is -2.18. The van der Waals surface area contributed by atoms with E-state index in [2.05, 4.69) is 10.5 Å². The van der Waals surface area contributed by atoms with Crippen molar-refractivity contribution in [1.29, 1.82) is 0 Å². The lowest BCUT2D eigenvalue weighted by Gasteiger charge is -2.08. The maximum atomic E-state index is 12.4. The summed E-state index contributed by atoms with van der Waals surface area (Å²) in [5.41, 5.74) is 5.12. The van der Waals surface area contributed by atoms with Gasteiger partial charge in [-0.25, -0.2) is 5.43 Å². The maximum absolute atomic E-state index is 12.4. The number of amides is 1. The third-order valence-electron chi connectivity index (χ3n) is 4.40. The Bertz CT molecular complexity index is 1110. The highest BCUT2D eigenvalue weighted by Crippen LogP contribution is 2.23. The molecule has 8 heteroatoms. The van der Waals surface area contributed by atoms with E-state index in [9.17, 15) is 14.9 Å². The Morgan fingerprint density at radius 1 is 1.13 bits per heavy atom. The van der Waals surface area contributed by atoms with Gasteiger partial charge >= 0.3 is 0 Å². The number of benzene rings is 3. The van der Waals surface area contributed by atoms with Gasteiger partial charge in [-0.05, 0) is 36.2 Å². The topological polar surface area (TPSA) is 103 Å². The van der Waals surface area contributed by atoms with Crippen molar-refractivity contribution >= 4 is 17.8 Å². The molecule has 1 N–H and O–H groups in total. The summed E-state index contributed by atoms with van der Waals surface area (Å²) in [6.45, 7) is 2.46. The first-order valence-electron chi connectivity index (χ1n) is 9.40. The summed E-state index contributed by atoms with van der Waals surface area (Å²) in [5, 5.41) is 14.9. The monoisotopic (exact) mass is 419 g/mol. The lowest BCUT2D eigenvalue weighted by atomic mass is 10.1. The van der Waals surface area contributed by atoms with Gasteiger partial charge in [0.2, 0.25) is 0 Å². The molecule has 158 valence electrons. The SMILES string of the molecule is COc1ccc([N+](=O)[O-])cc1C(=O)N/N=C\c1cccc(OCc2ccc(C)cc2)c1. The summed E-state index contributed by atoms with van der Waals surface area (Å²) in [6.07, 6.45) is 1.46. The number of hydrazone groups is 1. The van der Waals surface area contributed by atoms with Crippen LogP contribution in [0, 0.1) is 17.0 Å². The molecule has 0 aliphatic carbocycles. The molecular weight excluding hydrogens is 398 g/mol. The van der Waals surface area contributed by atoms with Gasteiger partial charge in [-0.3, -0.25) is 14.9 Å². The van der Waals surface area contributed by atoms with Crippen LogP contribution in [-0.4, -0.2) is 24.2 Å². The van der Waals surface area contributed by atoms with Crippen LogP contribution in [0.5, 0.6) is 11.5 Å². The van der Waals surface area contributed by atoms with Crippen LogP contribution in [0.3, 0.4) is 0 Å². The lowest BCUT2D eigenvalue weighted by molar-refractivity contribution is -0.384. The third-order valence-corrected chi connectivity index (χ3v) is 4.40. The van der Waals surface area contributed by atoms with Crippen LogP contribution in [0.15, 0.2) is 71.8 Å². The molecule has 0 aliphatic heterocycles. The molecule has 8 nitrogen and oxygen atoms in total. The average molecular weight is 419 g/mol. The highest BCUT2D eigenvalue weighted by Gasteiger charge is 2.17. The smallest absolute Gasteiger partial charge is 0.275 e. The van der Waals surface area contributed by atoms with Crippen LogP contribution < -0.4 is 14.9 Å². The molecule has 0 fully saturated rings. The fourth-order valence-electron chi connectivity index (χ4n) is 2.75. The van der Waals surface area contributed by atoms with Crippen molar-refractivity contribution in [2.75, 3.05) is 7.11 Å². The first kappa shape index (κ1) is 21.5. The van der Waals surface area contributed by atoms with Crippen molar-refractivity contribution in [3.8, 4) is 11.5 Å². The fourth-order valence-corrected chi connectivity index (χ4v) is 2.75. The highest BCUT2D eigenvalue weighted by atomic mass is 16.6. The Labute approximate surface area is 179 Å². The van der Waals surface area contributed by atoms with Gasteiger partial charge < -0.3 is 9.47 Å². The molecule has 0 aromatic heterocycles. The molecule has 0 bridgehead atoms. The van der Waals surface area contributed by atoms with E-state index in [1.807, 2.05) is 49.4 Å².